The first-order chi connectivity index (χ1) is 13.0. The highest BCUT2D eigenvalue weighted by Gasteiger charge is 2.22. The van der Waals surface area contributed by atoms with Crippen LogP contribution in [0.4, 0.5) is 4.39 Å². The van der Waals surface area contributed by atoms with E-state index in [0.29, 0.717) is 25.0 Å². The Hall–Kier alpha value is -2.15. The van der Waals surface area contributed by atoms with E-state index in [1.165, 1.54) is 23.8 Å². The first-order valence-electron chi connectivity index (χ1n) is 9.70. The summed E-state index contributed by atoms with van der Waals surface area (Å²) in [4.78, 5) is 20.3. The number of aliphatic imine (C=N–C) groups is 1. The topological polar surface area (TPSA) is 60.0 Å². The Kier molecular flexibility index (Phi) is 8.51. The number of benzene rings is 1. The van der Waals surface area contributed by atoms with Gasteiger partial charge in [0.05, 0.1) is 0 Å². The number of nitrogens with one attached hydrogen (secondary N) is 2. The molecule has 0 bridgehead atoms. The summed E-state index contributed by atoms with van der Waals surface area (Å²) in [5.74, 6) is 0.360. The maximum atomic E-state index is 13.3. The number of halogens is 1. The SMILES string of the molecule is CCN1CCCC1CNC(=NCC(=O)N(C)C)NCCc1cccc(F)c1. The highest BCUT2D eigenvalue weighted by Crippen LogP contribution is 2.15. The van der Waals surface area contributed by atoms with Gasteiger partial charge in [-0.25, -0.2) is 9.38 Å². The van der Waals surface area contributed by atoms with Gasteiger partial charge in [0.2, 0.25) is 5.91 Å². The van der Waals surface area contributed by atoms with E-state index >= 15 is 0 Å². The van der Waals surface area contributed by atoms with Crippen molar-refractivity contribution >= 4 is 11.9 Å². The molecule has 0 spiro atoms. The van der Waals surface area contributed by atoms with Crippen molar-refractivity contribution in [2.45, 2.75) is 32.2 Å². The monoisotopic (exact) mass is 377 g/mol. The third-order valence-corrected chi connectivity index (χ3v) is 4.88. The van der Waals surface area contributed by atoms with Gasteiger partial charge in [0.1, 0.15) is 12.4 Å². The van der Waals surface area contributed by atoms with Gasteiger partial charge in [-0.2, -0.15) is 0 Å². The largest absolute Gasteiger partial charge is 0.356 e. The quantitative estimate of drug-likeness (QED) is 0.532. The molecule has 1 heterocycles. The van der Waals surface area contributed by atoms with Gasteiger partial charge in [0.25, 0.3) is 0 Å². The number of guanidine groups is 1. The zero-order chi connectivity index (χ0) is 19.6. The van der Waals surface area contributed by atoms with Gasteiger partial charge in [-0.3, -0.25) is 9.69 Å². The summed E-state index contributed by atoms with van der Waals surface area (Å²) in [6, 6.07) is 7.10. The zero-order valence-corrected chi connectivity index (χ0v) is 16.7. The van der Waals surface area contributed by atoms with E-state index in [-0.39, 0.29) is 18.3 Å². The van der Waals surface area contributed by atoms with E-state index in [0.717, 1.165) is 25.2 Å². The number of nitrogens with zero attached hydrogens (tertiary/aromatic N) is 3. The Labute approximate surface area is 161 Å². The Bertz CT molecular complexity index is 635. The van der Waals surface area contributed by atoms with Crippen LogP contribution >= 0.6 is 0 Å². The lowest BCUT2D eigenvalue weighted by molar-refractivity contribution is -0.127. The third kappa shape index (κ3) is 7.17. The number of likely N-dealkylation sites (tertiary alicyclic amines) is 1. The van der Waals surface area contributed by atoms with Gasteiger partial charge >= 0.3 is 0 Å². The molecule has 2 N–H and O–H groups in total. The van der Waals surface area contributed by atoms with Crippen LogP contribution in [0.3, 0.4) is 0 Å². The molecule has 1 saturated heterocycles. The molecule has 1 amide bonds. The molecule has 150 valence electrons. The number of hydrogen-bond acceptors (Lipinski definition) is 3. The summed E-state index contributed by atoms with van der Waals surface area (Å²) in [6.45, 7) is 5.89. The molecular formula is C20H32FN5O. The Morgan fingerprint density at radius 3 is 2.89 bits per heavy atom. The van der Waals surface area contributed by atoms with Crippen molar-refractivity contribution in [3.8, 4) is 0 Å². The predicted molar refractivity (Wildman–Crippen MR) is 107 cm³/mol. The fraction of sp³-hybridized carbons (Fsp3) is 0.600. The molecule has 6 nitrogen and oxygen atoms in total. The van der Waals surface area contributed by atoms with Crippen molar-refractivity contribution < 1.29 is 9.18 Å². The molecule has 1 aromatic rings. The summed E-state index contributed by atoms with van der Waals surface area (Å²) >= 11 is 0. The second-order valence-corrected chi connectivity index (χ2v) is 7.07. The number of hydrogen-bond donors (Lipinski definition) is 2. The smallest absolute Gasteiger partial charge is 0.243 e. The van der Waals surface area contributed by atoms with Crippen molar-refractivity contribution in [2.24, 2.45) is 4.99 Å². The van der Waals surface area contributed by atoms with Crippen LogP contribution in [-0.4, -0.2) is 74.5 Å². The molecule has 0 saturated carbocycles. The molecule has 1 unspecified atom stereocenters. The molecule has 2 rings (SSSR count). The Morgan fingerprint density at radius 2 is 2.19 bits per heavy atom. The minimum Gasteiger partial charge on any atom is -0.356 e. The van der Waals surface area contributed by atoms with E-state index in [2.05, 4.69) is 27.4 Å². The molecule has 1 atom stereocenters. The van der Waals surface area contributed by atoms with Gasteiger partial charge in [-0.15, -0.1) is 0 Å². The lowest BCUT2D eigenvalue weighted by Crippen LogP contribution is -2.45. The van der Waals surface area contributed by atoms with Crippen LogP contribution in [0.25, 0.3) is 0 Å². The maximum absolute atomic E-state index is 13.3. The first kappa shape index (κ1) is 21.2. The maximum Gasteiger partial charge on any atom is 0.243 e. The van der Waals surface area contributed by atoms with Gasteiger partial charge in [-0.1, -0.05) is 19.1 Å². The van der Waals surface area contributed by atoms with E-state index < -0.39 is 0 Å². The number of carbonyl (C=O) groups excluding carboxylic acids is 1. The summed E-state index contributed by atoms with van der Waals surface area (Å²) in [6.07, 6.45) is 3.08. The van der Waals surface area contributed by atoms with Crippen molar-refractivity contribution in [2.75, 3.05) is 46.8 Å². The Balaban J connectivity index is 1.90. The summed E-state index contributed by atoms with van der Waals surface area (Å²) in [5.41, 5.74) is 0.930. The van der Waals surface area contributed by atoms with Crippen molar-refractivity contribution in [1.29, 1.82) is 0 Å². The summed E-state index contributed by atoms with van der Waals surface area (Å²) in [7, 11) is 3.44. The molecule has 1 aliphatic rings. The molecule has 27 heavy (non-hydrogen) atoms. The van der Waals surface area contributed by atoms with Crippen LogP contribution in [0.5, 0.6) is 0 Å². The number of rotatable bonds is 8. The van der Waals surface area contributed by atoms with Gasteiger partial charge < -0.3 is 15.5 Å². The lowest BCUT2D eigenvalue weighted by Gasteiger charge is -2.24. The fourth-order valence-corrected chi connectivity index (χ4v) is 3.24. The normalized spacial score (nSPS) is 17.8. The molecule has 7 heteroatoms. The van der Waals surface area contributed by atoms with Crippen LogP contribution in [0, 0.1) is 5.82 Å². The van der Waals surface area contributed by atoms with E-state index in [1.807, 2.05) is 6.07 Å². The van der Waals surface area contributed by atoms with Crippen LogP contribution < -0.4 is 10.6 Å². The van der Waals surface area contributed by atoms with Crippen LogP contribution in [0.1, 0.15) is 25.3 Å². The molecule has 1 aromatic carbocycles. The van der Waals surface area contributed by atoms with E-state index in [4.69, 9.17) is 0 Å². The number of likely N-dealkylation sites (N-methyl/N-ethyl adjacent to an activating group) is 2. The first-order valence-corrected chi connectivity index (χ1v) is 9.70. The minimum absolute atomic E-state index is 0.0442. The molecule has 0 radical (unpaired) electrons. The van der Waals surface area contributed by atoms with E-state index in [9.17, 15) is 9.18 Å². The van der Waals surface area contributed by atoms with Crippen LogP contribution in [-0.2, 0) is 11.2 Å². The standard InChI is InChI=1S/C20H32FN5O/c1-4-26-12-6-9-18(26)14-23-20(24-15-19(27)25(2)3)22-11-10-16-7-5-8-17(21)13-16/h5,7-8,13,18H,4,6,9-12,14-15H2,1-3H3,(H2,22,23,24). The van der Waals surface area contributed by atoms with Crippen molar-refractivity contribution in [1.82, 2.24) is 20.4 Å². The lowest BCUT2D eigenvalue weighted by atomic mass is 10.1. The molecule has 0 aliphatic carbocycles. The average Bonchev–Trinajstić information content (AvgIpc) is 3.10. The van der Waals surface area contributed by atoms with Crippen LogP contribution in [0.2, 0.25) is 0 Å². The third-order valence-electron chi connectivity index (χ3n) is 4.88. The second kappa shape index (κ2) is 10.9. The van der Waals surface area contributed by atoms with Crippen molar-refractivity contribution in [3.63, 3.8) is 0 Å². The van der Waals surface area contributed by atoms with E-state index in [1.54, 1.807) is 26.2 Å². The highest BCUT2D eigenvalue weighted by atomic mass is 19.1. The summed E-state index contributed by atoms with van der Waals surface area (Å²) in [5, 5.41) is 6.64. The number of carbonyl (C=O) groups is 1. The number of amides is 1. The Morgan fingerprint density at radius 1 is 1.37 bits per heavy atom. The molecule has 1 fully saturated rings. The second-order valence-electron chi connectivity index (χ2n) is 7.07. The minimum atomic E-state index is -0.225. The van der Waals surface area contributed by atoms with Gasteiger partial charge in [0, 0.05) is 33.2 Å². The molecule has 1 aliphatic heterocycles. The summed E-state index contributed by atoms with van der Waals surface area (Å²) < 4.78 is 13.3. The van der Waals surface area contributed by atoms with Crippen molar-refractivity contribution in [3.05, 3.63) is 35.6 Å². The zero-order valence-electron chi connectivity index (χ0n) is 16.7. The van der Waals surface area contributed by atoms with Crippen LogP contribution in [0.15, 0.2) is 29.3 Å². The average molecular weight is 378 g/mol. The van der Waals surface area contributed by atoms with Gasteiger partial charge in [-0.05, 0) is 50.0 Å². The predicted octanol–water partition coefficient (Wildman–Crippen LogP) is 1.48. The molecule has 0 aromatic heterocycles. The highest BCUT2D eigenvalue weighted by molar-refractivity contribution is 5.84. The fourth-order valence-electron chi connectivity index (χ4n) is 3.24. The molecular weight excluding hydrogens is 345 g/mol. The van der Waals surface area contributed by atoms with Gasteiger partial charge in [0.15, 0.2) is 5.96 Å².